The van der Waals surface area contributed by atoms with E-state index in [2.05, 4.69) is 15.2 Å². The lowest BCUT2D eigenvalue weighted by Crippen LogP contribution is -2.45. The number of nitrogens with one attached hydrogen (secondary N) is 1. The molecule has 42 heavy (non-hydrogen) atoms. The lowest BCUT2D eigenvalue weighted by Gasteiger charge is -2.31. The van der Waals surface area contributed by atoms with Crippen molar-refractivity contribution in [3.63, 3.8) is 0 Å². The number of ketones is 1. The zero-order valence-corrected chi connectivity index (χ0v) is 21.6. The Kier molecular flexibility index (Phi) is 7.33. The first-order valence-electron chi connectivity index (χ1n) is 12.7. The highest BCUT2D eigenvalue weighted by atomic mass is 19.4. The van der Waals surface area contributed by atoms with Gasteiger partial charge in [-0.2, -0.15) is 26.3 Å². The second-order valence-electron chi connectivity index (χ2n) is 10.0. The summed E-state index contributed by atoms with van der Waals surface area (Å²) in [4.78, 5) is 28.7. The van der Waals surface area contributed by atoms with Crippen molar-refractivity contribution in [2.75, 3.05) is 5.32 Å². The molecule has 5 rings (SSSR count). The first kappa shape index (κ1) is 29.2. The predicted molar refractivity (Wildman–Crippen MR) is 132 cm³/mol. The van der Waals surface area contributed by atoms with Crippen molar-refractivity contribution < 1.29 is 50.2 Å². The Hall–Kier alpha value is -4.27. The van der Waals surface area contributed by atoms with E-state index in [-0.39, 0.29) is 25.7 Å². The van der Waals surface area contributed by atoms with Gasteiger partial charge in [-0.1, -0.05) is 42.5 Å². The fourth-order valence-corrected chi connectivity index (χ4v) is 4.79. The van der Waals surface area contributed by atoms with Gasteiger partial charge >= 0.3 is 18.4 Å². The topological polar surface area (TPSA) is 127 Å². The molecular weight excluding hydrogens is 574 g/mol. The number of ether oxygens (including phenoxy) is 1. The van der Waals surface area contributed by atoms with Crippen LogP contribution in [-0.2, 0) is 23.1 Å². The van der Waals surface area contributed by atoms with Crippen LogP contribution in [0.3, 0.4) is 0 Å². The van der Waals surface area contributed by atoms with Gasteiger partial charge in [-0.05, 0) is 37.3 Å². The molecule has 4 bridgehead atoms. The number of carbonyl (C=O) groups is 2. The second kappa shape index (κ2) is 10.5. The number of anilines is 1. The highest BCUT2D eigenvalue weighted by Gasteiger charge is 2.61. The Morgan fingerprint density at radius 2 is 1.74 bits per heavy atom. The number of aromatic nitrogens is 3. The highest BCUT2D eigenvalue weighted by Crippen LogP contribution is 2.54. The lowest BCUT2D eigenvalue weighted by atomic mass is 9.89. The molecule has 1 amide bonds. The van der Waals surface area contributed by atoms with Gasteiger partial charge in [0.1, 0.15) is 5.69 Å². The maximum atomic E-state index is 14.8. The van der Waals surface area contributed by atoms with Crippen LogP contribution in [0.5, 0.6) is 0 Å². The van der Waals surface area contributed by atoms with Gasteiger partial charge in [0.25, 0.3) is 11.8 Å². The van der Waals surface area contributed by atoms with Crippen molar-refractivity contribution in [3.8, 4) is 11.6 Å². The molecular formula is C27H22F6N4O5. The van der Waals surface area contributed by atoms with Gasteiger partial charge in [0.15, 0.2) is 11.5 Å². The molecule has 15 heteroatoms. The van der Waals surface area contributed by atoms with Crippen molar-refractivity contribution in [1.29, 1.82) is 0 Å². The summed E-state index contributed by atoms with van der Waals surface area (Å²) in [6.07, 6.45) is -9.63. The fraction of sp³-hybridized carbons (Fsp3) is 0.370. The summed E-state index contributed by atoms with van der Waals surface area (Å²) in [7, 11) is 0. The molecule has 2 N–H and O–H groups in total. The number of amides is 1. The third kappa shape index (κ3) is 5.47. The maximum Gasteiger partial charge on any atom is 0.426 e. The fourth-order valence-electron chi connectivity index (χ4n) is 4.79. The minimum atomic E-state index is -5.12. The summed E-state index contributed by atoms with van der Waals surface area (Å²) in [5, 5.41) is 18.1. The van der Waals surface area contributed by atoms with Crippen molar-refractivity contribution in [3.05, 3.63) is 71.3 Å². The normalized spacial score (nSPS) is 20.3. The molecule has 9 nitrogen and oxygen atoms in total. The van der Waals surface area contributed by atoms with E-state index in [0.717, 1.165) is 0 Å². The van der Waals surface area contributed by atoms with Crippen LogP contribution in [0.2, 0.25) is 0 Å². The van der Waals surface area contributed by atoms with Gasteiger partial charge in [0, 0.05) is 11.8 Å². The van der Waals surface area contributed by atoms with Crippen LogP contribution in [0.1, 0.15) is 59.6 Å². The molecule has 1 fully saturated rings. The molecule has 1 aromatic carbocycles. The van der Waals surface area contributed by atoms with Crippen LogP contribution in [0.25, 0.3) is 11.6 Å². The van der Waals surface area contributed by atoms with E-state index >= 15 is 0 Å². The summed E-state index contributed by atoms with van der Waals surface area (Å²) in [6.45, 7) is -0.516. The number of alkyl halides is 6. The van der Waals surface area contributed by atoms with Crippen LogP contribution in [0.4, 0.5) is 36.8 Å². The second-order valence-corrected chi connectivity index (χ2v) is 10.0. The van der Waals surface area contributed by atoms with Crippen molar-refractivity contribution >= 4 is 17.6 Å². The molecule has 1 aliphatic carbocycles. The Balaban J connectivity index is 1.71. The zero-order chi connectivity index (χ0) is 30.3. The van der Waals surface area contributed by atoms with Gasteiger partial charge in [-0.25, -0.2) is 9.78 Å². The molecule has 0 radical (unpaired) electrons. The molecule has 3 aromatic rings. The maximum absolute atomic E-state index is 14.8. The molecule has 1 spiro atoms. The summed E-state index contributed by atoms with van der Waals surface area (Å²) < 4.78 is 97.5. The molecule has 2 aromatic heterocycles. The number of carbonyl (C=O) groups excluding carboxylic acids is 1. The molecule has 1 saturated carbocycles. The molecule has 0 saturated heterocycles. The van der Waals surface area contributed by atoms with E-state index in [9.17, 15) is 41.0 Å². The monoisotopic (exact) mass is 596 g/mol. The summed E-state index contributed by atoms with van der Waals surface area (Å²) >= 11 is 0. The smallest absolute Gasteiger partial charge is 0.426 e. The Labute approximate surface area is 233 Å². The average Bonchev–Trinajstić information content (AvgIpc) is 3.55. The largest absolute Gasteiger partial charge is 0.465 e. The number of fused-ring (bicyclic) bond motifs is 5. The van der Waals surface area contributed by atoms with E-state index in [1.165, 1.54) is 12.2 Å². The average molecular weight is 596 g/mol. The molecule has 222 valence electrons. The first-order valence-corrected chi connectivity index (χ1v) is 12.7. The minimum Gasteiger partial charge on any atom is -0.465 e. The molecule has 0 unspecified atom stereocenters. The number of allylic oxidation sites excluding steroid dienone is 1. The Morgan fingerprint density at radius 3 is 2.36 bits per heavy atom. The Morgan fingerprint density at radius 1 is 1.02 bits per heavy atom. The number of nitrogens with zero attached hydrogens (tertiary/aromatic N) is 3. The van der Waals surface area contributed by atoms with Crippen molar-refractivity contribution in [2.24, 2.45) is 5.41 Å². The quantitative estimate of drug-likeness (QED) is 0.246. The molecule has 1 atom stereocenters. The summed E-state index contributed by atoms with van der Waals surface area (Å²) in [5.41, 5.74) is -8.07. The van der Waals surface area contributed by atoms with Crippen molar-refractivity contribution in [2.45, 2.75) is 56.7 Å². The number of hydrogen-bond acceptors (Lipinski definition) is 7. The Bertz CT molecular complexity index is 1530. The number of Topliss-reactive ketones (excluding diaryl/α,β-unsaturated/α-hetero) is 1. The van der Waals surface area contributed by atoms with Gasteiger partial charge in [0.2, 0.25) is 5.60 Å². The number of benzene rings is 1. The summed E-state index contributed by atoms with van der Waals surface area (Å²) in [5.74, 6) is -2.85. The predicted octanol–water partition coefficient (Wildman–Crippen LogP) is 6.92. The lowest BCUT2D eigenvalue weighted by molar-refractivity contribution is -0.295. The number of halogens is 6. The standard InChI is InChI=1S/C27H22F6N4O5/c28-26(29,30)16-13-17(34-23(39)40)19-21-36-37-22(42-21)25(27(31,32)33,41-14-15-7-3-1-4-8-15)10-6-2-5-9-24(11-12-24)20(38)18(16)35-19/h1-4,6-8,13,34H,5,9-12,14H2,(H,39,40)/t25-/m1/s1. The third-order valence-corrected chi connectivity index (χ3v) is 7.24. The van der Waals surface area contributed by atoms with E-state index < -0.39 is 82.7 Å². The third-order valence-electron chi connectivity index (χ3n) is 7.24. The number of pyridine rings is 1. The van der Waals surface area contributed by atoms with E-state index in [1.807, 2.05) is 0 Å². The zero-order valence-electron chi connectivity index (χ0n) is 21.6. The first-order chi connectivity index (χ1) is 19.8. The van der Waals surface area contributed by atoms with Gasteiger partial charge in [-0.3, -0.25) is 10.1 Å². The van der Waals surface area contributed by atoms with Gasteiger partial charge < -0.3 is 14.3 Å². The number of carboxylic acid groups (broad SMARTS) is 1. The molecule has 2 aliphatic rings. The minimum absolute atomic E-state index is 0.0635. The van der Waals surface area contributed by atoms with Crippen LogP contribution < -0.4 is 5.32 Å². The summed E-state index contributed by atoms with van der Waals surface area (Å²) in [6, 6.07) is 8.33. The highest BCUT2D eigenvalue weighted by molar-refractivity contribution is 6.03. The van der Waals surface area contributed by atoms with E-state index in [0.29, 0.717) is 11.6 Å². The van der Waals surface area contributed by atoms with E-state index in [4.69, 9.17) is 9.15 Å². The number of hydrogen-bond donors (Lipinski definition) is 2. The van der Waals surface area contributed by atoms with Crippen molar-refractivity contribution in [1.82, 2.24) is 15.2 Å². The SMILES string of the molecule is O=C(O)Nc1cc(C(F)(F)F)c2nc1-c1nnc(o1)[C@@](OCc1ccccc1)(C(F)(F)F)CC=CCCC1(CC1)C2=O. The van der Waals surface area contributed by atoms with Crippen LogP contribution in [0.15, 0.2) is 53.0 Å². The van der Waals surface area contributed by atoms with Gasteiger partial charge in [0.05, 0.1) is 17.9 Å². The van der Waals surface area contributed by atoms with Gasteiger partial charge in [-0.15, -0.1) is 10.2 Å². The van der Waals surface area contributed by atoms with Crippen LogP contribution in [-0.4, -0.2) is 38.3 Å². The van der Waals surface area contributed by atoms with Crippen LogP contribution >= 0.6 is 0 Å². The molecule has 3 heterocycles. The van der Waals surface area contributed by atoms with E-state index in [1.54, 1.807) is 35.6 Å². The number of rotatable bonds is 4. The van der Waals surface area contributed by atoms with Crippen LogP contribution in [0, 0.1) is 5.41 Å². The molecule has 1 aliphatic heterocycles.